The Balaban J connectivity index is 2.36. The third-order valence-corrected chi connectivity index (χ3v) is 3.91. The van der Waals surface area contributed by atoms with Crippen molar-refractivity contribution < 1.29 is 14.7 Å². The zero-order valence-electron chi connectivity index (χ0n) is 11.6. The van der Waals surface area contributed by atoms with Crippen LogP contribution >= 0.6 is 0 Å². The van der Waals surface area contributed by atoms with Gasteiger partial charge in [-0.15, -0.1) is 0 Å². The SMILES string of the molecule is Cc1n[nH]c(=O)c(C(=O)NC(C)(C(=O)O)C2CC2)c1C. The first-order valence-corrected chi connectivity index (χ1v) is 6.39. The summed E-state index contributed by atoms with van der Waals surface area (Å²) in [6, 6.07) is 0. The largest absolute Gasteiger partial charge is 0.480 e. The highest BCUT2D eigenvalue weighted by atomic mass is 16.4. The van der Waals surface area contributed by atoms with E-state index in [1.165, 1.54) is 6.92 Å². The number of aryl methyl sites for hydroxylation is 1. The number of amides is 1. The van der Waals surface area contributed by atoms with Gasteiger partial charge in [-0.3, -0.25) is 9.59 Å². The van der Waals surface area contributed by atoms with E-state index in [4.69, 9.17) is 0 Å². The van der Waals surface area contributed by atoms with Crippen LogP contribution in [0.4, 0.5) is 0 Å². The molecule has 1 saturated carbocycles. The molecule has 20 heavy (non-hydrogen) atoms. The summed E-state index contributed by atoms with van der Waals surface area (Å²) in [4.78, 5) is 35.4. The number of hydrogen-bond acceptors (Lipinski definition) is 4. The Kier molecular flexibility index (Phi) is 3.37. The predicted molar refractivity (Wildman–Crippen MR) is 70.6 cm³/mol. The summed E-state index contributed by atoms with van der Waals surface area (Å²) in [7, 11) is 0. The smallest absolute Gasteiger partial charge is 0.329 e. The maximum Gasteiger partial charge on any atom is 0.329 e. The molecule has 1 amide bonds. The topological polar surface area (TPSA) is 112 Å². The molecule has 1 heterocycles. The number of aromatic nitrogens is 2. The lowest BCUT2D eigenvalue weighted by molar-refractivity contribution is -0.144. The molecular weight excluding hydrogens is 262 g/mol. The number of nitrogens with one attached hydrogen (secondary N) is 2. The van der Waals surface area contributed by atoms with Gasteiger partial charge in [0.2, 0.25) is 0 Å². The number of rotatable bonds is 4. The normalized spacial score (nSPS) is 17.4. The summed E-state index contributed by atoms with van der Waals surface area (Å²) >= 11 is 0. The number of carbonyl (C=O) groups excluding carboxylic acids is 1. The van der Waals surface area contributed by atoms with Gasteiger partial charge in [0.15, 0.2) is 0 Å². The molecule has 1 aromatic rings. The standard InChI is InChI=1S/C13H17N3O4/c1-6-7(2)15-16-11(18)9(6)10(17)14-13(3,12(19)20)8-4-5-8/h8H,4-5H2,1-3H3,(H,14,17)(H,16,18)(H,19,20). The van der Waals surface area contributed by atoms with E-state index in [9.17, 15) is 19.5 Å². The van der Waals surface area contributed by atoms with Crippen LogP contribution in [0, 0.1) is 19.8 Å². The summed E-state index contributed by atoms with van der Waals surface area (Å²) in [5.74, 6) is -1.86. The highest BCUT2D eigenvalue weighted by molar-refractivity contribution is 5.98. The van der Waals surface area contributed by atoms with E-state index in [0.29, 0.717) is 11.3 Å². The van der Waals surface area contributed by atoms with Gasteiger partial charge >= 0.3 is 5.97 Å². The van der Waals surface area contributed by atoms with E-state index < -0.39 is 23.0 Å². The van der Waals surface area contributed by atoms with Crippen molar-refractivity contribution in [2.75, 3.05) is 0 Å². The molecular formula is C13H17N3O4. The third kappa shape index (κ3) is 2.31. The van der Waals surface area contributed by atoms with Gasteiger partial charge in [0.25, 0.3) is 11.5 Å². The molecule has 1 aliphatic rings. The number of carboxylic acids is 1. The zero-order valence-corrected chi connectivity index (χ0v) is 11.6. The third-order valence-electron chi connectivity index (χ3n) is 3.91. The van der Waals surface area contributed by atoms with Gasteiger partial charge in [0.05, 0.1) is 5.69 Å². The number of carboxylic acid groups (broad SMARTS) is 1. The number of hydrogen-bond donors (Lipinski definition) is 3. The van der Waals surface area contributed by atoms with Gasteiger partial charge in [-0.25, -0.2) is 9.89 Å². The minimum atomic E-state index is -1.34. The van der Waals surface area contributed by atoms with Gasteiger partial charge < -0.3 is 10.4 Å². The maximum absolute atomic E-state index is 12.3. The quantitative estimate of drug-likeness (QED) is 0.737. The van der Waals surface area contributed by atoms with Gasteiger partial charge in [0.1, 0.15) is 11.1 Å². The summed E-state index contributed by atoms with van der Waals surface area (Å²) in [6.07, 6.45) is 1.52. The van der Waals surface area contributed by atoms with Crippen LogP contribution in [0.5, 0.6) is 0 Å². The second-order valence-corrected chi connectivity index (χ2v) is 5.37. The molecule has 0 aromatic carbocycles. The fraction of sp³-hybridized carbons (Fsp3) is 0.538. The molecule has 7 nitrogen and oxygen atoms in total. The molecule has 2 rings (SSSR count). The first kappa shape index (κ1) is 14.2. The van der Waals surface area contributed by atoms with Crippen LogP contribution in [0.15, 0.2) is 4.79 Å². The average molecular weight is 279 g/mol. The van der Waals surface area contributed by atoms with Crippen LogP contribution in [0.25, 0.3) is 0 Å². The van der Waals surface area contributed by atoms with Crippen molar-refractivity contribution >= 4 is 11.9 Å². The molecule has 3 N–H and O–H groups in total. The minimum absolute atomic E-state index is 0.0781. The molecule has 1 unspecified atom stereocenters. The summed E-state index contributed by atoms with van der Waals surface area (Å²) in [6.45, 7) is 4.75. The monoisotopic (exact) mass is 279 g/mol. The van der Waals surface area contributed by atoms with Crippen LogP contribution in [0.1, 0.15) is 41.4 Å². The Morgan fingerprint density at radius 2 is 2.00 bits per heavy atom. The van der Waals surface area contributed by atoms with E-state index in [1.54, 1.807) is 13.8 Å². The minimum Gasteiger partial charge on any atom is -0.480 e. The van der Waals surface area contributed by atoms with Gasteiger partial charge in [0, 0.05) is 0 Å². The molecule has 0 bridgehead atoms. The van der Waals surface area contributed by atoms with Crippen LogP contribution in [0.3, 0.4) is 0 Å². The summed E-state index contributed by atoms with van der Waals surface area (Å²) in [5, 5.41) is 17.8. The van der Waals surface area contributed by atoms with Crippen molar-refractivity contribution in [3.63, 3.8) is 0 Å². The van der Waals surface area contributed by atoms with E-state index >= 15 is 0 Å². The van der Waals surface area contributed by atoms with E-state index in [-0.39, 0.29) is 11.5 Å². The lowest BCUT2D eigenvalue weighted by Gasteiger charge is -2.26. The second kappa shape index (κ2) is 4.73. The maximum atomic E-state index is 12.3. The van der Waals surface area contributed by atoms with Crippen molar-refractivity contribution in [3.05, 3.63) is 27.2 Å². The second-order valence-electron chi connectivity index (χ2n) is 5.37. The van der Waals surface area contributed by atoms with Gasteiger partial charge in [-0.1, -0.05) is 0 Å². The zero-order chi connectivity index (χ0) is 15.1. The number of carbonyl (C=O) groups is 2. The molecule has 1 aromatic heterocycles. The number of nitrogens with zero attached hydrogens (tertiary/aromatic N) is 1. The Bertz CT molecular complexity index is 633. The van der Waals surface area contributed by atoms with E-state index in [2.05, 4.69) is 15.5 Å². The molecule has 1 aliphatic carbocycles. The van der Waals surface area contributed by atoms with E-state index in [0.717, 1.165) is 12.8 Å². The highest BCUT2D eigenvalue weighted by Gasteiger charge is 2.49. The Hall–Kier alpha value is -2.18. The molecule has 7 heteroatoms. The fourth-order valence-electron chi connectivity index (χ4n) is 2.19. The Morgan fingerprint density at radius 1 is 1.40 bits per heavy atom. The van der Waals surface area contributed by atoms with Crippen molar-refractivity contribution in [1.82, 2.24) is 15.5 Å². The lowest BCUT2D eigenvalue weighted by atomic mass is 9.95. The first-order chi connectivity index (χ1) is 9.27. The average Bonchev–Trinajstić information content (AvgIpc) is 3.18. The van der Waals surface area contributed by atoms with Crippen molar-refractivity contribution in [1.29, 1.82) is 0 Å². The molecule has 108 valence electrons. The van der Waals surface area contributed by atoms with Crippen molar-refractivity contribution in [2.24, 2.45) is 5.92 Å². The number of H-pyrrole nitrogens is 1. The van der Waals surface area contributed by atoms with Gasteiger partial charge in [-0.2, -0.15) is 5.10 Å². The Labute approximate surface area is 115 Å². The fourth-order valence-corrected chi connectivity index (χ4v) is 2.19. The lowest BCUT2D eigenvalue weighted by Crippen LogP contribution is -2.54. The molecule has 0 spiro atoms. The van der Waals surface area contributed by atoms with Gasteiger partial charge in [-0.05, 0) is 45.1 Å². The van der Waals surface area contributed by atoms with Crippen LogP contribution < -0.4 is 10.9 Å². The van der Waals surface area contributed by atoms with Crippen LogP contribution in [-0.4, -0.2) is 32.7 Å². The number of aliphatic carboxylic acids is 1. The molecule has 0 saturated heterocycles. The van der Waals surface area contributed by atoms with Crippen molar-refractivity contribution in [2.45, 2.75) is 39.2 Å². The first-order valence-electron chi connectivity index (χ1n) is 6.39. The molecule has 0 radical (unpaired) electrons. The molecule has 0 aliphatic heterocycles. The number of aromatic amines is 1. The van der Waals surface area contributed by atoms with E-state index in [1.807, 2.05) is 0 Å². The van der Waals surface area contributed by atoms with Crippen molar-refractivity contribution in [3.8, 4) is 0 Å². The highest BCUT2D eigenvalue weighted by Crippen LogP contribution is 2.39. The summed E-state index contributed by atoms with van der Waals surface area (Å²) < 4.78 is 0. The van der Waals surface area contributed by atoms with Crippen LogP contribution in [0.2, 0.25) is 0 Å². The van der Waals surface area contributed by atoms with Crippen LogP contribution in [-0.2, 0) is 4.79 Å². The molecule has 1 fully saturated rings. The predicted octanol–water partition coefficient (Wildman–Crippen LogP) is 0.370. The molecule has 1 atom stereocenters. The summed E-state index contributed by atoms with van der Waals surface area (Å²) in [5.41, 5.74) is -1.06. The Morgan fingerprint density at radius 3 is 2.50 bits per heavy atom.